The highest BCUT2D eigenvalue weighted by molar-refractivity contribution is 7.87. The molecule has 19 heavy (non-hydrogen) atoms. The first-order valence-corrected chi connectivity index (χ1v) is 8.20. The van der Waals surface area contributed by atoms with Crippen molar-refractivity contribution in [3.63, 3.8) is 0 Å². The van der Waals surface area contributed by atoms with Crippen LogP contribution < -0.4 is 4.72 Å². The molecule has 0 amide bonds. The summed E-state index contributed by atoms with van der Waals surface area (Å²) in [6.45, 7) is 6.06. The van der Waals surface area contributed by atoms with Gasteiger partial charge in [0.25, 0.3) is 10.2 Å². The molecule has 0 spiro atoms. The Labute approximate surface area is 115 Å². The fourth-order valence-corrected chi connectivity index (χ4v) is 3.99. The van der Waals surface area contributed by atoms with Gasteiger partial charge in [0, 0.05) is 12.6 Å². The number of rotatable bonds is 6. The zero-order chi connectivity index (χ0) is 14.6. The minimum atomic E-state index is -3.72. The fraction of sp³-hybridized carbons (Fsp3) is 0.917. The highest BCUT2D eigenvalue weighted by Gasteiger charge is 2.33. The normalized spacial score (nSPS) is 23.5. The Bertz CT molecular complexity index is 408. The third-order valence-corrected chi connectivity index (χ3v) is 5.09. The lowest BCUT2D eigenvalue weighted by Crippen LogP contribution is -2.52. The first-order valence-electron chi connectivity index (χ1n) is 6.76. The zero-order valence-electron chi connectivity index (χ0n) is 11.8. The van der Waals surface area contributed by atoms with Crippen molar-refractivity contribution in [2.75, 3.05) is 6.54 Å². The molecule has 1 heterocycles. The van der Waals surface area contributed by atoms with Gasteiger partial charge in [0.1, 0.15) is 6.04 Å². The van der Waals surface area contributed by atoms with Gasteiger partial charge in [0.05, 0.1) is 0 Å². The molecule has 1 aliphatic rings. The SMILES string of the molecule is CC(C)CC(NS(=O)(=O)N1CCCCC1C)C(=O)O. The van der Waals surface area contributed by atoms with E-state index in [-0.39, 0.29) is 18.4 Å². The molecular weight excluding hydrogens is 268 g/mol. The van der Waals surface area contributed by atoms with E-state index >= 15 is 0 Å². The lowest BCUT2D eigenvalue weighted by atomic mass is 10.1. The summed E-state index contributed by atoms with van der Waals surface area (Å²) in [6.07, 6.45) is 2.95. The molecule has 0 aliphatic carbocycles. The van der Waals surface area contributed by atoms with Gasteiger partial charge in [-0.3, -0.25) is 4.79 Å². The van der Waals surface area contributed by atoms with E-state index < -0.39 is 22.2 Å². The van der Waals surface area contributed by atoms with Crippen molar-refractivity contribution in [3.8, 4) is 0 Å². The van der Waals surface area contributed by atoms with E-state index in [9.17, 15) is 13.2 Å². The van der Waals surface area contributed by atoms with Crippen LogP contribution in [0.1, 0.15) is 46.5 Å². The van der Waals surface area contributed by atoms with Crippen molar-refractivity contribution in [3.05, 3.63) is 0 Å². The minimum absolute atomic E-state index is 0.0697. The van der Waals surface area contributed by atoms with Crippen LogP contribution in [0.15, 0.2) is 0 Å². The van der Waals surface area contributed by atoms with Crippen LogP contribution in [0.4, 0.5) is 0 Å². The average Bonchev–Trinajstić information content (AvgIpc) is 2.27. The van der Waals surface area contributed by atoms with E-state index in [2.05, 4.69) is 4.72 Å². The van der Waals surface area contributed by atoms with Crippen LogP contribution >= 0.6 is 0 Å². The number of hydrogen-bond acceptors (Lipinski definition) is 3. The summed E-state index contributed by atoms with van der Waals surface area (Å²) in [4.78, 5) is 11.1. The molecule has 2 N–H and O–H groups in total. The molecule has 1 rings (SSSR count). The van der Waals surface area contributed by atoms with Crippen molar-refractivity contribution in [1.29, 1.82) is 0 Å². The van der Waals surface area contributed by atoms with Crippen LogP contribution in [0.3, 0.4) is 0 Å². The first kappa shape index (κ1) is 16.4. The predicted molar refractivity (Wildman–Crippen MR) is 73.0 cm³/mol. The second kappa shape index (κ2) is 6.67. The maximum Gasteiger partial charge on any atom is 0.321 e. The molecule has 0 aromatic rings. The van der Waals surface area contributed by atoms with Gasteiger partial charge in [-0.15, -0.1) is 0 Å². The van der Waals surface area contributed by atoms with Gasteiger partial charge in [0.15, 0.2) is 0 Å². The predicted octanol–water partition coefficient (Wildman–Crippen LogP) is 1.19. The summed E-state index contributed by atoms with van der Waals surface area (Å²) in [7, 11) is -3.72. The molecule has 0 bridgehead atoms. The minimum Gasteiger partial charge on any atom is -0.480 e. The van der Waals surface area contributed by atoms with Crippen molar-refractivity contribution in [1.82, 2.24) is 9.03 Å². The van der Waals surface area contributed by atoms with Crippen LogP contribution in [-0.4, -0.2) is 42.4 Å². The third-order valence-electron chi connectivity index (χ3n) is 3.35. The highest BCUT2D eigenvalue weighted by atomic mass is 32.2. The monoisotopic (exact) mass is 292 g/mol. The quantitative estimate of drug-likeness (QED) is 0.770. The second-order valence-electron chi connectivity index (χ2n) is 5.60. The van der Waals surface area contributed by atoms with Crippen LogP contribution in [0.25, 0.3) is 0 Å². The molecule has 0 saturated carbocycles. The Morgan fingerprint density at radius 1 is 1.42 bits per heavy atom. The zero-order valence-corrected chi connectivity index (χ0v) is 12.6. The van der Waals surface area contributed by atoms with Crippen molar-refractivity contribution in [2.24, 2.45) is 5.92 Å². The van der Waals surface area contributed by atoms with Crippen LogP contribution in [0.2, 0.25) is 0 Å². The van der Waals surface area contributed by atoms with E-state index in [4.69, 9.17) is 5.11 Å². The van der Waals surface area contributed by atoms with Gasteiger partial charge in [-0.2, -0.15) is 17.4 Å². The summed E-state index contributed by atoms with van der Waals surface area (Å²) in [5.74, 6) is -1.01. The van der Waals surface area contributed by atoms with Crippen molar-refractivity contribution >= 4 is 16.2 Å². The summed E-state index contributed by atoms with van der Waals surface area (Å²) in [6, 6.07) is -1.13. The largest absolute Gasteiger partial charge is 0.480 e. The smallest absolute Gasteiger partial charge is 0.321 e. The lowest BCUT2D eigenvalue weighted by molar-refractivity contribution is -0.139. The Kier molecular flexibility index (Phi) is 5.76. The van der Waals surface area contributed by atoms with E-state index in [1.54, 1.807) is 0 Å². The number of carboxylic acid groups (broad SMARTS) is 1. The van der Waals surface area contributed by atoms with E-state index in [1.165, 1.54) is 4.31 Å². The van der Waals surface area contributed by atoms with Gasteiger partial charge in [0.2, 0.25) is 0 Å². The number of carboxylic acids is 1. The van der Waals surface area contributed by atoms with Gasteiger partial charge in [-0.1, -0.05) is 20.3 Å². The summed E-state index contributed by atoms with van der Waals surface area (Å²) in [5.41, 5.74) is 0. The molecule has 1 aliphatic heterocycles. The Hall–Kier alpha value is -0.660. The molecule has 0 aromatic carbocycles. The van der Waals surface area contributed by atoms with Gasteiger partial charge < -0.3 is 5.11 Å². The average molecular weight is 292 g/mol. The highest BCUT2D eigenvalue weighted by Crippen LogP contribution is 2.20. The van der Waals surface area contributed by atoms with Crippen LogP contribution in [0.5, 0.6) is 0 Å². The maximum absolute atomic E-state index is 12.2. The standard InChI is InChI=1S/C12H24N2O4S/c1-9(2)8-11(12(15)16)13-19(17,18)14-7-5-4-6-10(14)3/h9-11,13H,4-8H2,1-3H3,(H,15,16). The van der Waals surface area contributed by atoms with E-state index in [0.717, 1.165) is 19.3 Å². The van der Waals surface area contributed by atoms with Crippen LogP contribution in [0, 0.1) is 5.92 Å². The molecule has 1 fully saturated rings. The van der Waals surface area contributed by atoms with Crippen molar-refractivity contribution in [2.45, 2.75) is 58.5 Å². The second-order valence-corrected chi connectivity index (χ2v) is 7.25. The number of piperidine rings is 1. The molecule has 0 aromatic heterocycles. The summed E-state index contributed by atoms with van der Waals surface area (Å²) < 4.78 is 28.2. The number of nitrogens with zero attached hydrogens (tertiary/aromatic N) is 1. The lowest BCUT2D eigenvalue weighted by Gasteiger charge is -2.33. The van der Waals surface area contributed by atoms with Crippen LogP contribution in [-0.2, 0) is 15.0 Å². The summed E-state index contributed by atoms with van der Waals surface area (Å²) in [5, 5.41) is 9.10. The number of carbonyl (C=O) groups is 1. The number of hydrogen-bond donors (Lipinski definition) is 2. The van der Waals surface area contributed by atoms with E-state index in [0.29, 0.717) is 6.54 Å². The molecule has 2 atom stereocenters. The number of nitrogens with one attached hydrogen (secondary N) is 1. The molecule has 112 valence electrons. The Balaban J connectivity index is 2.78. The van der Waals surface area contributed by atoms with Gasteiger partial charge in [-0.25, -0.2) is 0 Å². The Morgan fingerprint density at radius 2 is 2.05 bits per heavy atom. The topological polar surface area (TPSA) is 86.7 Å². The Morgan fingerprint density at radius 3 is 2.53 bits per heavy atom. The molecule has 7 heteroatoms. The summed E-state index contributed by atoms with van der Waals surface area (Å²) >= 11 is 0. The fourth-order valence-electron chi connectivity index (χ4n) is 2.35. The molecule has 1 saturated heterocycles. The third kappa shape index (κ3) is 4.74. The molecular formula is C12H24N2O4S. The van der Waals surface area contributed by atoms with Gasteiger partial charge in [-0.05, 0) is 32.1 Å². The van der Waals surface area contributed by atoms with Crippen molar-refractivity contribution < 1.29 is 18.3 Å². The molecule has 0 radical (unpaired) electrons. The molecule has 6 nitrogen and oxygen atoms in total. The van der Waals surface area contributed by atoms with Gasteiger partial charge >= 0.3 is 5.97 Å². The number of aliphatic carboxylic acids is 1. The molecule has 2 unspecified atom stereocenters. The van der Waals surface area contributed by atoms with E-state index in [1.807, 2.05) is 20.8 Å². The maximum atomic E-state index is 12.2. The first-order chi connectivity index (χ1) is 8.74.